The van der Waals surface area contributed by atoms with Gasteiger partial charge in [-0.05, 0) is 27.7 Å². The molecule has 2 heterocycles. The van der Waals surface area contributed by atoms with E-state index in [1.807, 2.05) is 6.92 Å². The maximum Gasteiger partial charge on any atom is 0.399 e. The molecule has 6 heteroatoms. The fourth-order valence-electron chi connectivity index (χ4n) is 1.44. The fraction of sp³-hybridized carbons (Fsp3) is 0.538. The average molecular weight is 264 g/mol. The van der Waals surface area contributed by atoms with Crippen LogP contribution in [0.1, 0.15) is 33.4 Å². The lowest BCUT2D eigenvalue weighted by atomic mass is 10.1. The van der Waals surface area contributed by atoms with Gasteiger partial charge in [0.1, 0.15) is 6.26 Å². The average Bonchev–Trinajstić information content (AvgIpc) is 2.95. The summed E-state index contributed by atoms with van der Waals surface area (Å²) in [5.41, 5.74) is 0.857. The van der Waals surface area contributed by atoms with Gasteiger partial charge < -0.3 is 14.5 Å². The van der Waals surface area contributed by atoms with Crippen molar-refractivity contribution in [3.05, 3.63) is 24.4 Å². The summed E-state index contributed by atoms with van der Waals surface area (Å²) in [6.45, 7) is 9.76. The van der Waals surface area contributed by atoms with Gasteiger partial charge in [-0.2, -0.15) is 10.1 Å². The molecule has 19 heavy (non-hydrogen) atoms. The first-order chi connectivity index (χ1) is 8.96. The summed E-state index contributed by atoms with van der Waals surface area (Å²) >= 11 is 0. The number of aromatic nitrogens is 3. The summed E-state index contributed by atoms with van der Waals surface area (Å²) in [6, 6.07) is 0. The van der Waals surface area contributed by atoms with Crippen LogP contribution < -0.4 is 10.1 Å². The van der Waals surface area contributed by atoms with E-state index in [-0.39, 0.29) is 11.6 Å². The molecule has 0 radical (unpaired) electrons. The summed E-state index contributed by atoms with van der Waals surface area (Å²) in [6.07, 6.45) is 5.28. The van der Waals surface area contributed by atoms with Crippen LogP contribution >= 0.6 is 0 Å². The molecular formula is C13H20N4O2. The molecule has 0 amide bonds. The van der Waals surface area contributed by atoms with Gasteiger partial charge in [-0.25, -0.2) is 0 Å². The second-order valence-corrected chi connectivity index (χ2v) is 5.34. The molecule has 6 nitrogen and oxygen atoms in total. The Balaban J connectivity index is 1.93. The van der Waals surface area contributed by atoms with Crippen molar-refractivity contribution in [1.82, 2.24) is 20.1 Å². The summed E-state index contributed by atoms with van der Waals surface area (Å²) in [4.78, 5) is 4.26. The second-order valence-electron chi connectivity index (χ2n) is 5.34. The van der Waals surface area contributed by atoms with Crippen LogP contribution in [0.2, 0.25) is 0 Å². The highest BCUT2D eigenvalue weighted by Crippen LogP contribution is 2.20. The first kappa shape index (κ1) is 13.6. The lowest BCUT2D eigenvalue weighted by molar-refractivity contribution is 0.330. The molecule has 2 aromatic heterocycles. The monoisotopic (exact) mass is 264 g/mol. The standard InChI is InChI=1S/C13H20N4O2/c1-5-17-8-11(7-15-17)19-12-16-10(9-18-12)6-14-13(2,3)4/h7-9,14H,5-6H2,1-4H3. The maximum absolute atomic E-state index is 5.48. The van der Waals surface area contributed by atoms with Crippen LogP contribution in [0.15, 0.2) is 23.1 Å². The van der Waals surface area contributed by atoms with E-state index < -0.39 is 0 Å². The van der Waals surface area contributed by atoms with Crippen molar-refractivity contribution < 1.29 is 9.15 Å². The zero-order valence-electron chi connectivity index (χ0n) is 11.8. The van der Waals surface area contributed by atoms with Crippen LogP contribution in [0, 0.1) is 0 Å². The van der Waals surface area contributed by atoms with E-state index in [1.165, 1.54) is 0 Å². The smallest absolute Gasteiger partial charge is 0.399 e. The number of rotatable bonds is 5. The van der Waals surface area contributed by atoms with Crippen LogP contribution in [0.25, 0.3) is 0 Å². The Kier molecular flexibility index (Phi) is 3.90. The number of aryl methyl sites for hydroxylation is 1. The predicted molar refractivity (Wildman–Crippen MR) is 71.1 cm³/mol. The zero-order valence-corrected chi connectivity index (χ0v) is 11.8. The third-order valence-electron chi connectivity index (χ3n) is 2.47. The van der Waals surface area contributed by atoms with Gasteiger partial charge >= 0.3 is 6.08 Å². The Morgan fingerprint density at radius 1 is 1.42 bits per heavy atom. The van der Waals surface area contributed by atoms with E-state index in [0.717, 1.165) is 12.2 Å². The maximum atomic E-state index is 5.48. The SMILES string of the molecule is CCn1cc(Oc2nc(CNC(C)(C)C)co2)cn1. The number of nitrogens with zero attached hydrogens (tertiary/aromatic N) is 3. The molecule has 0 spiro atoms. The van der Waals surface area contributed by atoms with Crippen molar-refractivity contribution in [2.75, 3.05) is 0 Å². The van der Waals surface area contributed by atoms with Gasteiger partial charge in [0.25, 0.3) is 0 Å². The summed E-state index contributed by atoms with van der Waals surface area (Å²) < 4.78 is 12.5. The largest absolute Gasteiger partial charge is 0.417 e. The quantitative estimate of drug-likeness (QED) is 0.899. The molecule has 0 saturated heterocycles. The first-order valence-electron chi connectivity index (χ1n) is 6.36. The number of nitrogens with one attached hydrogen (secondary N) is 1. The summed E-state index contributed by atoms with van der Waals surface area (Å²) in [5, 5.41) is 7.45. The molecule has 2 rings (SSSR count). The molecule has 0 fully saturated rings. The van der Waals surface area contributed by atoms with Crippen molar-refractivity contribution in [2.24, 2.45) is 0 Å². The first-order valence-corrected chi connectivity index (χ1v) is 6.36. The molecule has 0 unspecified atom stereocenters. The normalized spacial score (nSPS) is 11.8. The summed E-state index contributed by atoms with van der Waals surface area (Å²) in [5.74, 6) is 0.624. The van der Waals surface area contributed by atoms with Crippen molar-refractivity contribution in [1.29, 1.82) is 0 Å². The number of hydrogen-bond acceptors (Lipinski definition) is 5. The van der Waals surface area contributed by atoms with Crippen LogP contribution in [0.4, 0.5) is 0 Å². The fourth-order valence-corrected chi connectivity index (χ4v) is 1.44. The van der Waals surface area contributed by atoms with Gasteiger partial charge in [-0.15, -0.1) is 0 Å². The molecular weight excluding hydrogens is 244 g/mol. The van der Waals surface area contributed by atoms with Crippen LogP contribution in [0.5, 0.6) is 11.8 Å². The molecule has 0 atom stereocenters. The Hall–Kier alpha value is -1.82. The minimum absolute atomic E-state index is 0.0439. The van der Waals surface area contributed by atoms with Gasteiger partial charge in [0.2, 0.25) is 0 Å². The van der Waals surface area contributed by atoms with Gasteiger partial charge in [0, 0.05) is 18.6 Å². The van der Waals surface area contributed by atoms with E-state index in [0.29, 0.717) is 12.3 Å². The van der Waals surface area contributed by atoms with E-state index in [1.54, 1.807) is 23.3 Å². The van der Waals surface area contributed by atoms with Crippen molar-refractivity contribution in [3.63, 3.8) is 0 Å². The molecule has 0 aliphatic heterocycles. The van der Waals surface area contributed by atoms with Crippen LogP contribution in [-0.2, 0) is 13.1 Å². The number of oxazole rings is 1. The van der Waals surface area contributed by atoms with Gasteiger partial charge in [0.05, 0.1) is 18.1 Å². The third-order valence-corrected chi connectivity index (χ3v) is 2.47. The molecule has 0 saturated carbocycles. The lowest BCUT2D eigenvalue weighted by Gasteiger charge is -2.19. The molecule has 0 aliphatic rings. The molecule has 2 aromatic rings. The highest BCUT2D eigenvalue weighted by molar-refractivity contribution is 5.16. The third kappa shape index (κ3) is 4.10. The van der Waals surface area contributed by atoms with E-state index >= 15 is 0 Å². The van der Waals surface area contributed by atoms with Crippen molar-refractivity contribution >= 4 is 0 Å². The molecule has 0 aliphatic carbocycles. The Morgan fingerprint density at radius 2 is 2.21 bits per heavy atom. The highest BCUT2D eigenvalue weighted by atomic mass is 16.6. The van der Waals surface area contributed by atoms with Crippen LogP contribution in [-0.4, -0.2) is 20.3 Å². The topological polar surface area (TPSA) is 65.1 Å². The van der Waals surface area contributed by atoms with Gasteiger partial charge in [-0.1, -0.05) is 0 Å². The van der Waals surface area contributed by atoms with E-state index in [9.17, 15) is 0 Å². The van der Waals surface area contributed by atoms with Crippen molar-refractivity contribution in [2.45, 2.75) is 46.3 Å². The van der Waals surface area contributed by atoms with Crippen molar-refractivity contribution in [3.8, 4) is 11.8 Å². The van der Waals surface area contributed by atoms with Gasteiger partial charge in [-0.3, -0.25) is 4.68 Å². The molecule has 0 bridgehead atoms. The van der Waals surface area contributed by atoms with E-state index in [4.69, 9.17) is 9.15 Å². The minimum atomic E-state index is 0.0439. The Bertz CT molecular complexity index is 525. The predicted octanol–water partition coefficient (Wildman–Crippen LogP) is 2.57. The molecule has 104 valence electrons. The zero-order chi connectivity index (χ0) is 13.9. The number of ether oxygens (including phenoxy) is 1. The highest BCUT2D eigenvalue weighted by Gasteiger charge is 2.12. The minimum Gasteiger partial charge on any atom is -0.417 e. The molecule has 1 N–H and O–H groups in total. The summed E-state index contributed by atoms with van der Waals surface area (Å²) in [7, 11) is 0. The second kappa shape index (κ2) is 5.44. The number of hydrogen-bond donors (Lipinski definition) is 1. The van der Waals surface area contributed by atoms with Crippen LogP contribution in [0.3, 0.4) is 0 Å². The van der Waals surface area contributed by atoms with E-state index in [2.05, 4.69) is 36.2 Å². The lowest BCUT2D eigenvalue weighted by Crippen LogP contribution is -2.35. The Morgan fingerprint density at radius 3 is 2.84 bits per heavy atom. The Labute approximate surface area is 112 Å². The van der Waals surface area contributed by atoms with Gasteiger partial charge in [0.15, 0.2) is 5.75 Å². The molecule has 0 aromatic carbocycles.